The van der Waals surface area contributed by atoms with Crippen molar-refractivity contribution < 1.29 is 9.90 Å². The van der Waals surface area contributed by atoms with Crippen molar-refractivity contribution >= 4 is 27.4 Å². The van der Waals surface area contributed by atoms with Crippen molar-refractivity contribution in [3.63, 3.8) is 0 Å². The molecule has 0 amide bonds. The third kappa shape index (κ3) is 2.02. The van der Waals surface area contributed by atoms with Crippen molar-refractivity contribution in [1.29, 1.82) is 0 Å². The Labute approximate surface area is 92.2 Å². The predicted molar refractivity (Wildman–Crippen MR) is 62.3 cm³/mol. The summed E-state index contributed by atoms with van der Waals surface area (Å²) in [6.45, 7) is 1.74. The van der Waals surface area contributed by atoms with Gasteiger partial charge in [-0.2, -0.15) is 0 Å². The normalized spacial score (nSPS) is 12.9. The van der Waals surface area contributed by atoms with E-state index in [1.807, 2.05) is 12.1 Å². The average Bonchev–Trinajstić information content (AvgIpc) is 2.62. The predicted octanol–water partition coefficient (Wildman–Crippen LogP) is 3.16. The summed E-state index contributed by atoms with van der Waals surface area (Å²) in [5.41, 5.74) is 1.14. The number of thiophene rings is 1. The molecule has 0 aliphatic carbocycles. The van der Waals surface area contributed by atoms with Gasteiger partial charge in [0.1, 0.15) is 0 Å². The minimum atomic E-state index is -0.731. The topological polar surface area (TPSA) is 37.3 Å². The fourth-order valence-corrected chi connectivity index (χ4v) is 2.58. The second kappa shape index (κ2) is 4.03. The quantitative estimate of drug-likeness (QED) is 0.862. The zero-order valence-electron chi connectivity index (χ0n) is 8.43. The highest BCUT2D eigenvalue weighted by Gasteiger charge is 2.13. The summed E-state index contributed by atoms with van der Waals surface area (Å²) in [6.07, 6.45) is 0.610. The van der Waals surface area contributed by atoms with Crippen LogP contribution < -0.4 is 0 Å². The summed E-state index contributed by atoms with van der Waals surface area (Å²) >= 11 is 1.67. The van der Waals surface area contributed by atoms with E-state index in [2.05, 4.69) is 17.5 Å². The number of carbonyl (C=O) groups is 1. The molecular weight excluding hydrogens is 208 g/mol. The molecule has 0 saturated carbocycles. The lowest BCUT2D eigenvalue weighted by Gasteiger charge is -2.04. The Bertz CT molecular complexity index is 487. The molecule has 0 saturated heterocycles. The van der Waals surface area contributed by atoms with E-state index in [0.717, 1.165) is 5.56 Å². The number of fused-ring (bicyclic) bond motifs is 1. The Morgan fingerprint density at radius 3 is 2.93 bits per heavy atom. The molecule has 0 spiro atoms. The molecule has 0 aliphatic heterocycles. The molecule has 1 aromatic carbocycles. The van der Waals surface area contributed by atoms with Crippen LogP contribution in [0.5, 0.6) is 0 Å². The molecule has 3 heteroatoms. The van der Waals surface area contributed by atoms with Gasteiger partial charge in [0, 0.05) is 4.70 Å². The van der Waals surface area contributed by atoms with Crippen molar-refractivity contribution in [2.24, 2.45) is 5.92 Å². The fraction of sp³-hybridized carbons (Fsp3) is 0.250. The summed E-state index contributed by atoms with van der Waals surface area (Å²) in [7, 11) is 0. The summed E-state index contributed by atoms with van der Waals surface area (Å²) < 4.78 is 1.23. The minimum Gasteiger partial charge on any atom is -0.481 e. The van der Waals surface area contributed by atoms with E-state index in [1.165, 1.54) is 10.1 Å². The highest BCUT2D eigenvalue weighted by atomic mass is 32.1. The van der Waals surface area contributed by atoms with E-state index in [-0.39, 0.29) is 5.92 Å². The van der Waals surface area contributed by atoms with Crippen LogP contribution in [0.25, 0.3) is 10.1 Å². The summed E-state index contributed by atoms with van der Waals surface area (Å²) in [4.78, 5) is 10.8. The van der Waals surface area contributed by atoms with Crippen molar-refractivity contribution in [3.8, 4) is 0 Å². The number of carboxylic acids is 1. The van der Waals surface area contributed by atoms with Crippen molar-refractivity contribution in [3.05, 3.63) is 35.2 Å². The highest BCUT2D eigenvalue weighted by Crippen LogP contribution is 2.27. The summed E-state index contributed by atoms with van der Waals surface area (Å²) in [5, 5.41) is 12.1. The van der Waals surface area contributed by atoms with E-state index < -0.39 is 5.97 Å². The van der Waals surface area contributed by atoms with Crippen LogP contribution in [0.2, 0.25) is 0 Å². The van der Waals surface area contributed by atoms with Gasteiger partial charge in [0.15, 0.2) is 0 Å². The lowest BCUT2D eigenvalue weighted by molar-refractivity contribution is -0.141. The number of benzene rings is 1. The van der Waals surface area contributed by atoms with Gasteiger partial charge in [-0.1, -0.05) is 25.1 Å². The largest absolute Gasteiger partial charge is 0.481 e. The zero-order valence-corrected chi connectivity index (χ0v) is 9.25. The van der Waals surface area contributed by atoms with Gasteiger partial charge < -0.3 is 5.11 Å². The maximum Gasteiger partial charge on any atom is 0.306 e. The standard InChI is InChI=1S/C12H12O2S/c1-8(12(13)14)6-9-7-15-11-5-3-2-4-10(9)11/h2-5,7-8H,6H2,1H3,(H,13,14)/t8-/m0/s1. The number of hydrogen-bond donors (Lipinski definition) is 1. The molecular formula is C12H12O2S. The molecule has 0 fully saturated rings. The van der Waals surface area contributed by atoms with Gasteiger partial charge in [-0.05, 0) is 28.8 Å². The van der Waals surface area contributed by atoms with Gasteiger partial charge in [-0.3, -0.25) is 4.79 Å². The molecule has 1 heterocycles. The third-order valence-electron chi connectivity index (χ3n) is 2.51. The molecule has 0 unspecified atom stereocenters. The summed E-state index contributed by atoms with van der Waals surface area (Å²) in [6, 6.07) is 8.11. The molecule has 0 aliphatic rings. The molecule has 1 N–H and O–H groups in total. The van der Waals surface area contributed by atoms with E-state index in [9.17, 15) is 4.79 Å². The van der Waals surface area contributed by atoms with Crippen LogP contribution in [0.4, 0.5) is 0 Å². The van der Waals surface area contributed by atoms with Crippen LogP contribution in [0, 0.1) is 5.92 Å². The number of carboxylic acid groups (broad SMARTS) is 1. The van der Waals surface area contributed by atoms with Crippen LogP contribution in [0.3, 0.4) is 0 Å². The van der Waals surface area contributed by atoms with Gasteiger partial charge in [-0.15, -0.1) is 11.3 Å². The lowest BCUT2D eigenvalue weighted by Crippen LogP contribution is -2.11. The lowest BCUT2D eigenvalue weighted by atomic mass is 10.0. The summed E-state index contributed by atoms with van der Waals surface area (Å²) in [5.74, 6) is -1.05. The van der Waals surface area contributed by atoms with Gasteiger partial charge >= 0.3 is 5.97 Å². The SMILES string of the molecule is C[C@@H](Cc1csc2ccccc12)C(=O)O. The first kappa shape index (κ1) is 10.2. The fourth-order valence-electron chi connectivity index (χ4n) is 1.61. The van der Waals surface area contributed by atoms with E-state index in [0.29, 0.717) is 6.42 Å². The van der Waals surface area contributed by atoms with Gasteiger partial charge in [0.05, 0.1) is 5.92 Å². The third-order valence-corrected chi connectivity index (χ3v) is 3.52. The van der Waals surface area contributed by atoms with E-state index in [1.54, 1.807) is 18.3 Å². The van der Waals surface area contributed by atoms with Gasteiger partial charge in [0.2, 0.25) is 0 Å². The molecule has 15 heavy (non-hydrogen) atoms. The second-order valence-electron chi connectivity index (χ2n) is 3.70. The Morgan fingerprint density at radius 1 is 1.47 bits per heavy atom. The van der Waals surface area contributed by atoms with E-state index in [4.69, 9.17) is 5.11 Å². The molecule has 2 nitrogen and oxygen atoms in total. The van der Waals surface area contributed by atoms with Crippen LogP contribution in [-0.2, 0) is 11.2 Å². The molecule has 78 valence electrons. The number of rotatable bonds is 3. The van der Waals surface area contributed by atoms with Crippen LogP contribution in [-0.4, -0.2) is 11.1 Å². The number of aliphatic carboxylic acids is 1. The van der Waals surface area contributed by atoms with Crippen molar-refractivity contribution in [1.82, 2.24) is 0 Å². The monoisotopic (exact) mass is 220 g/mol. The average molecular weight is 220 g/mol. The van der Waals surface area contributed by atoms with Crippen molar-refractivity contribution in [2.75, 3.05) is 0 Å². The van der Waals surface area contributed by atoms with Crippen LogP contribution in [0.1, 0.15) is 12.5 Å². The Kier molecular flexibility index (Phi) is 2.73. The maximum absolute atomic E-state index is 10.8. The molecule has 2 aromatic rings. The van der Waals surface area contributed by atoms with Crippen LogP contribution in [0.15, 0.2) is 29.6 Å². The van der Waals surface area contributed by atoms with Gasteiger partial charge in [-0.25, -0.2) is 0 Å². The first-order valence-corrected chi connectivity index (χ1v) is 5.74. The maximum atomic E-state index is 10.8. The minimum absolute atomic E-state index is 0.317. The van der Waals surface area contributed by atoms with Crippen molar-refractivity contribution in [2.45, 2.75) is 13.3 Å². The zero-order chi connectivity index (χ0) is 10.8. The molecule has 2 rings (SSSR count). The second-order valence-corrected chi connectivity index (χ2v) is 4.61. The first-order chi connectivity index (χ1) is 7.18. The molecule has 1 atom stereocenters. The first-order valence-electron chi connectivity index (χ1n) is 4.86. The Hall–Kier alpha value is -1.35. The smallest absolute Gasteiger partial charge is 0.306 e. The molecule has 0 bridgehead atoms. The molecule has 1 aromatic heterocycles. The van der Waals surface area contributed by atoms with E-state index >= 15 is 0 Å². The Balaban J connectivity index is 2.32. The van der Waals surface area contributed by atoms with Crippen LogP contribution >= 0.6 is 11.3 Å². The highest BCUT2D eigenvalue weighted by molar-refractivity contribution is 7.17. The van der Waals surface area contributed by atoms with Gasteiger partial charge in [0.25, 0.3) is 0 Å². The number of hydrogen-bond acceptors (Lipinski definition) is 2. The Morgan fingerprint density at radius 2 is 2.20 bits per heavy atom. The molecule has 0 radical (unpaired) electrons.